The molecule has 0 unspecified atom stereocenters. The average Bonchev–Trinajstić information content (AvgIpc) is 2.90. The highest BCUT2D eigenvalue weighted by molar-refractivity contribution is 5.08. The Morgan fingerprint density at radius 1 is 1.17 bits per heavy atom. The Morgan fingerprint density at radius 2 is 2.00 bits per heavy atom. The lowest BCUT2D eigenvalue weighted by molar-refractivity contribution is 0.108. The predicted octanol–water partition coefficient (Wildman–Crippen LogP) is 1.71. The average molecular weight is 246 g/mol. The second-order valence-electron chi connectivity index (χ2n) is 5.56. The Balaban J connectivity index is 1.71. The first-order valence-corrected chi connectivity index (χ1v) is 7.05. The largest absolute Gasteiger partial charge is 0.306 e. The maximum absolute atomic E-state index is 4.46. The molecule has 1 atom stereocenters. The number of likely N-dealkylation sites (tertiary alicyclic amines) is 2. The van der Waals surface area contributed by atoms with Crippen molar-refractivity contribution in [1.29, 1.82) is 0 Å². The Labute approximate surface area is 109 Å². The van der Waals surface area contributed by atoms with Crippen LogP contribution in [-0.2, 0) is 0 Å². The van der Waals surface area contributed by atoms with Crippen LogP contribution in [0.5, 0.6) is 0 Å². The number of hydrogen-bond acceptors (Lipinski definition) is 4. The van der Waals surface area contributed by atoms with E-state index in [1.165, 1.54) is 51.0 Å². The van der Waals surface area contributed by atoms with E-state index < -0.39 is 0 Å². The van der Waals surface area contributed by atoms with E-state index >= 15 is 0 Å². The van der Waals surface area contributed by atoms with Gasteiger partial charge in [-0.15, -0.1) is 0 Å². The molecule has 3 heterocycles. The number of aromatic nitrogens is 2. The molecule has 1 aromatic rings. The van der Waals surface area contributed by atoms with Crippen molar-refractivity contribution in [2.24, 2.45) is 0 Å². The van der Waals surface area contributed by atoms with Crippen LogP contribution in [0.4, 0.5) is 0 Å². The van der Waals surface area contributed by atoms with Gasteiger partial charge in [-0.05, 0) is 58.4 Å². The summed E-state index contributed by atoms with van der Waals surface area (Å²) in [7, 11) is 2.22. The molecule has 2 saturated heterocycles. The lowest BCUT2D eigenvalue weighted by Crippen LogP contribution is -2.43. The zero-order valence-electron chi connectivity index (χ0n) is 11.1. The highest BCUT2D eigenvalue weighted by Gasteiger charge is 2.33. The van der Waals surface area contributed by atoms with Crippen molar-refractivity contribution < 1.29 is 0 Å². The van der Waals surface area contributed by atoms with Crippen molar-refractivity contribution in [2.75, 3.05) is 26.7 Å². The molecule has 0 aromatic carbocycles. The van der Waals surface area contributed by atoms with Crippen molar-refractivity contribution in [3.8, 4) is 0 Å². The molecule has 3 rings (SSSR count). The van der Waals surface area contributed by atoms with Gasteiger partial charge in [-0.1, -0.05) is 0 Å². The summed E-state index contributed by atoms with van der Waals surface area (Å²) < 4.78 is 0. The summed E-state index contributed by atoms with van der Waals surface area (Å²) in [5.74, 6) is 0. The van der Waals surface area contributed by atoms with Crippen molar-refractivity contribution in [3.05, 3.63) is 24.3 Å². The van der Waals surface area contributed by atoms with Crippen LogP contribution in [0.25, 0.3) is 0 Å². The Bertz CT molecular complexity index is 373. The first kappa shape index (κ1) is 12.1. The van der Waals surface area contributed by atoms with E-state index in [0.29, 0.717) is 6.04 Å². The SMILES string of the molecule is CN1CCC(N2CCC[C@@H]2c2ccncn2)CC1. The van der Waals surface area contributed by atoms with Gasteiger partial charge in [-0.25, -0.2) is 9.97 Å². The molecule has 0 radical (unpaired) electrons. The van der Waals surface area contributed by atoms with Crippen LogP contribution >= 0.6 is 0 Å². The van der Waals surface area contributed by atoms with Gasteiger partial charge in [0.1, 0.15) is 6.33 Å². The molecule has 0 aliphatic carbocycles. The molecule has 0 saturated carbocycles. The molecular formula is C14H22N4. The first-order chi connectivity index (χ1) is 8.84. The van der Waals surface area contributed by atoms with Gasteiger partial charge >= 0.3 is 0 Å². The van der Waals surface area contributed by atoms with Gasteiger partial charge in [-0.3, -0.25) is 4.90 Å². The molecule has 2 fully saturated rings. The summed E-state index contributed by atoms with van der Waals surface area (Å²) in [4.78, 5) is 13.6. The summed E-state index contributed by atoms with van der Waals surface area (Å²) in [5, 5.41) is 0. The number of nitrogens with zero attached hydrogens (tertiary/aromatic N) is 4. The van der Waals surface area contributed by atoms with Crippen molar-refractivity contribution >= 4 is 0 Å². The zero-order chi connectivity index (χ0) is 12.4. The van der Waals surface area contributed by atoms with Crippen LogP contribution in [0.2, 0.25) is 0 Å². The fraction of sp³-hybridized carbons (Fsp3) is 0.714. The molecule has 0 spiro atoms. The highest BCUT2D eigenvalue weighted by Crippen LogP contribution is 2.34. The van der Waals surface area contributed by atoms with Gasteiger partial charge < -0.3 is 4.90 Å². The molecular weight excluding hydrogens is 224 g/mol. The molecule has 0 N–H and O–H groups in total. The van der Waals surface area contributed by atoms with Crippen LogP contribution in [0, 0.1) is 0 Å². The molecule has 1 aromatic heterocycles. The van der Waals surface area contributed by atoms with E-state index in [0.717, 1.165) is 6.04 Å². The third-order valence-corrected chi connectivity index (χ3v) is 4.40. The third kappa shape index (κ3) is 2.40. The second kappa shape index (κ2) is 5.33. The standard InChI is InChI=1S/C14H22N4/c1-17-9-5-12(6-10-17)18-8-2-3-14(18)13-4-7-15-11-16-13/h4,7,11-12,14H,2-3,5-6,8-10H2,1H3/t14-/m1/s1. The first-order valence-electron chi connectivity index (χ1n) is 7.05. The topological polar surface area (TPSA) is 32.3 Å². The van der Waals surface area contributed by atoms with Crippen LogP contribution in [0.15, 0.2) is 18.6 Å². The van der Waals surface area contributed by atoms with Gasteiger partial charge in [0.05, 0.1) is 11.7 Å². The molecule has 98 valence electrons. The maximum Gasteiger partial charge on any atom is 0.115 e. The normalized spacial score (nSPS) is 27.7. The highest BCUT2D eigenvalue weighted by atomic mass is 15.2. The quantitative estimate of drug-likeness (QED) is 0.795. The maximum atomic E-state index is 4.46. The van der Waals surface area contributed by atoms with Crippen LogP contribution in [0.1, 0.15) is 37.4 Å². The van der Waals surface area contributed by atoms with E-state index in [4.69, 9.17) is 0 Å². The number of rotatable bonds is 2. The molecule has 4 heteroatoms. The van der Waals surface area contributed by atoms with Crippen LogP contribution in [-0.4, -0.2) is 52.5 Å². The molecule has 2 aliphatic rings. The van der Waals surface area contributed by atoms with E-state index in [2.05, 4.69) is 32.9 Å². The van der Waals surface area contributed by atoms with E-state index in [1.807, 2.05) is 6.20 Å². The fourth-order valence-corrected chi connectivity index (χ4v) is 3.37. The van der Waals surface area contributed by atoms with Gasteiger partial charge in [0, 0.05) is 12.2 Å². The Morgan fingerprint density at radius 3 is 2.72 bits per heavy atom. The van der Waals surface area contributed by atoms with Crippen LogP contribution in [0.3, 0.4) is 0 Å². The summed E-state index contributed by atoms with van der Waals surface area (Å²) in [6.07, 6.45) is 8.72. The van der Waals surface area contributed by atoms with E-state index in [-0.39, 0.29) is 0 Å². The third-order valence-electron chi connectivity index (χ3n) is 4.40. The van der Waals surface area contributed by atoms with Gasteiger partial charge in [0.15, 0.2) is 0 Å². The van der Waals surface area contributed by atoms with Crippen LogP contribution < -0.4 is 0 Å². The van der Waals surface area contributed by atoms with E-state index in [9.17, 15) is 0 Å². The van der Waals surface area contributed by atoms with Crippen molar-refractivity contribution in [1.82, 2.24) is 19.8 Å². The zero-order valence-corrected chi connectivity index (χ0v) is 11.1. The van der Waals surface area contributed by atoms with Gasteiger partial charge in [0.2, 0.25) is 0 Å². The lowest BCUT2D eigenvalue weighted by atomic mass is 10.0. The predicted molar refractivity (Wildman–Crippen MR) is 71.2 cm³/mol. The molecule has 0 amide bonds. The minimum atomic E-state index is 0.529. The lowest BCUT2D eigenvalue weighted by Gasteiger charge is -2.38. The molecule has 18 heavy (non-hydrogen) atoms. The molecule has 4 nitrogen and oxygen atoms in total. The van der Waals surface area contributed by atoms with Gasteiger partial charge in [0.25, 0.3) is 0 Å². The summed E-state index contributed by atoms with van der Waals surface area (Å²) in [6.45, 7) is 3.71. The summed E-state index contributed by atoms with van der Waals surface area (Å²) in [5.41, 5.74) is 1.21. The second-order valence-corrected chi connectivity index (χ2v) is 5.56. The van der Waals surface area contributed by atoms with Gasteiger partial charge in [-0.2, -0.15) is 0 Å². The smallest absolute Gasteiger partial charge is 0.115 e. The number of hydrogen-bond donors (Lipinski definition) is 0. The van der Waals surface area contributed by atoms with Crippen molar-refractivity contribution in [3.63, 3.8) is 0 Å². The molecule has 0 bridgehead atoms. The van der Waals surface area contributed by atoms with E-state index in [1.54, 1.807) is 6.33 Å². The van der Waals surface area contributed by atoms with Crippen molar-refractivity contribution in [2.45, 2.75) is 37.8 Å². The fourth-order valence-electron chi connectivity index (χ4n) is 3.37. The minimum Gasteiger partial charge on any atom is -0.306 e. The monoisotopic (exact) mass is 246 g/mol. The summed E-state index contributed by atoms with van der Waals surface area (Å²) >= 11 is 0. The Hall–Kier alpha value is -1.00. The molecule has 2 aliphatic heterocycles. The Kier molecular flexibility index (Phi) is 3.57. The summed E-state index contributed by atoms with van der Waals surface area (Å²) in [6, 6.07) is 3.36. The minimum absolute atomic E-state index is 0.529. The number of piperidine rings is 1.